The van der Waals surface area contributed by atoms with Crippen LogP contribution in [0.5, 0.6) is 0 Å². The minimum absolute atomic E-state index is 0.145. The largest absolute Gasteiger partial charge is 0.383 e. The molecule has 1 aromatic carbocycles. The van der Waals surface area contributed by atoms with Gasteiger partial charge in [-0.3, -0.25) is 9.78 Å². The fourth-order valence-electron chi connectivity index (χ4n) is 1.98. The molecule has 0 spiro atoms. The smallest absolute Gasteiger partial charge is 0.252 e. The lowest BCUT2D eigenvalue weighted by Crippen LogP contribution is -2.14. The molecule has 0 saturated carbocycles. The number of hydrogen-bond donors (Lipinski definition) is 2. The number of benzene rings is 1. The number of rotatable bonds is 1. The summed E-state index contributed by atoms with van der Waals surface area (Å²) in [6, 6.07) is 9.25. The Kier molecular flexibility index (Phi) is 2.13. The molecule has 0 unspecified atom stereocenters. The Bertz CT molecular complexity index is 782. The van der Waals surface area contributed by atoms with E-state index in [4.69, 9.17) is 11.5 Å². The van der Waals surface area contributed by atoms with Crippen LogP contribution in [-0.2, 0) is 0 Å². The minimum atomic E-state index is -0.588. The van der Waals surface area contributed by atoms with E-state index < -0.39 is 5.91 Å². The Balaban J connectivity index is 2.46. The van der Waals surface area contributed by atoms with E-state index in [1.165, 1.54) is 0 Å². The number of carbonyl (C=O) groups is 1. The SMILES string of the molecule is NC(=O)c1cc2cnc3ccccc3c2nc1N. The van der Waals surface area contributed by atoms with Crippen LogP contribution in [0.3, 0.4) is 0 Å². The molecule has 4 N–H and O–H groups in total. The van der Waals surface area contributed by atoms with Gasteiger partial charge in [0.25, 0.3) is 5.91 Å². The number of amides is 1. The molecule has 0 bridgehead atoms. The van der Waals surface area contributed by atoms with Gasteiger partial charge in [0.2, 0.25) is 0 Å². The molecule has 0 radical (unpaired) electrons. The maximum absolute atomic E-state index is 11.2. The molecular weight excluding hydrogens is 228 g/mol. The molecule has 88 valence electrons. The topological polar surface area (TPSA) is 94.9 Å². The zero-order chi connectivity index (χ0) is 12.7. The van der Waals surface area contributed by atoms with Crippen molar-refractivity contribution in [3.8, 4) is 0 Å². The van der Waals surface area contributed by atoms with Gasteiger partial charge < -0.3 is 11.5 Å². The number of carbonyl (C=O) groups excluding carboxylic acids is 1. The van der Waals surface area contributed by atoms with Crippen molar-refractivity contribution in [3.63, 3.8) is 0 Å². The highest BCUT2D eigenvalue weighted by Gasteiger charge is 2.11. The number of fused-ring (bicyclic) bond motifs is 3. The maximum Gasteiger partial charge on any atom is 0.252 e. The summed E-state index contributed by atoms with van der Waals surface area (Å²) in [4.78, 5) is 19.8. The number of nitrogens with two attached hydrogens (primary N) is 2. The van der Waals surface area contributed by atoms with Crippen molar-refractivity contribution < 1.29 is 4.79 Å². The first-order chi connectivity index (χ1) is 8.66. The van der Waals surface area contributed by atoms with Crippen LogP contribution in [0.1, 0.15) is 10.4 Å². The van der Waals surface area contributed by atoms with Crippen molar-refractivity contribution in [1.29, 1.82) is 0 Å². The lowest BCUT2D eigenvalue weighted by Gasteiger charge is -2.06. The highest BCUT2D eigenvalue weighted by Crippen LogP contribution is 2.24. The van der Waals surface area contributed by atoms with E-state index in [-0.39, 0.29) is 11.4 Å². The Morgan fingerprint density at radius 1 is 1.22 bits per heavy atom. The average molecular weight is 238 g/mol. The molecule has 1 amide bonds. The van der Waals surface area contributed by atoms with Crippen LogP contribution in [0.15, 0.2) is 36.5 Å². The molecule has 0 atom stereocenters. The van der Waals surface area contributed by atoms with Gasteiger partial charge in [0.05, 0.1) is 16.6 Å². The quantitative estimate of drug-likeness (QED) is 0.627. The fourth-order valence-corrected chi connectivity index (χ4v) is 1.98. The van der Waals surface area contributed by atoms with Crippen LogP contribution >= 0.6 is 0 Å². The second-order valence-corrected chi connectivity index (χ2v) is 4.00. The third-order valence-electron chi connectivity index (χ3n) is 2.85. The number of nitrogens with zero attached hydrogens (tertiary/aromatic N) is 2. The summed E-state index contributed by atoms with van der Waals surface area (Å²) in [7, 11) is 0. The van der Waals surface area contributed by atoms with Gasteiger partial charge in [0.15, 0.2) is 0 Å². The summed E-state index contributed by atoms with van der Waals surface area (Å²) in [5.74, 6) is -0.443. The number of primary amides is 1. The Hall–Kier alpha value is -2.69. The van der Waals surface area contributed by atoms with E-state index in [9.17, 15) is 4.79 Å². The van der Waals surface area contributed by atoms with E-state index >= 15 is 0 Å². The second kappa shape index (κ2) is 3.66. The number of pyridine rings is 2. The summed E-state index contributed by atoms with van der Waals surface area (Å²) in [6.07, 6.45) is 1.66. The molecule has 18 heavy (non-hydrogen) atoms. The molecule has 0 aliphatic rings. The molecule has 0 aliphatic carbocycles. The summed E-state index contributed by atoms with van der Waals surface area (Å²) in [6.45, 7) is 0. The fraction of sp³-hybridized carbons (Fsp3) is 0. The molecule has 5 heteroatoms. The van der Waals surface area contributed by atoms with Gasteiger partial charge in [-0.2, -0.15) is 0 Å². The number of anilines is 1. The summed E-state index contributed by atoms with van der Waals surface area (Å²) >= 11 is 0. The standard InChI is InChI=1S/C13H10N4O/c14-12-9(13(15)18)5-7-6-16-10-4-2-1-3-8(10)11(7)17-12/h1-6H,(H2,14,17)(H2,15,18). The predicted octanol–water partition coefficient (Wildman–Crippen LogP) is 1.46. The first-order valence-corrected chi connectivity index (χ1v) is 5.40. The summed E-state index contributed by atoms with van der Waals surface area (Å²) in [5, 5.41) is 1.65. The molecule has 2 heterocycles. The monoisotopic (exact) mass is 238 g/mol. The Labute approximate surface area is 102 Å². The van der Waals surface area contributed by atoms with Gasteiger partial charge in [-0.1, -0.05) is 18.2 Å². The number of hydrogen-bond acceptors (Lipinski definition) is 4. The lowest BCUT2D eigenvalue weighted by molar-refractivity contribution is 0.100. The molecule has 2 aromatic heterocycles. The third-order valence-corrected chi connectivity index (χ3v) is 2.85. The van der Waals surface area contributed by atoms with Crippen molar-refractivity contribution in [1.82, 2.24) is 9.97 Å². The second-order valence-electron chi connectivity index (χ2n) is 4.00. The minimum Gasteiger partial charge on any atom is -0.383 e. The van der Waals surface area contributed by atoms with Gasteiger partial charge >= 0.3 is 0 Å². The molecular formula is C13H10N4O. The van der Waals surface area contributed by atoms with Gasteiger partial charge in [0.1, 0.15) is 5.82 Å². The molecule has 3 rings (SSSR count). The summed E-state index contributed by atoms with van der Waals surface area (Å²) in [5.41, 5.74) is 12.8. The maximum atomic E-state index is 11.2. The molecule has 0 fully saturated rings. The Morgan fingerprint density at radius 2 is 2.00 bits per heavy atom. The zero-order valence-corrected chi connectivity index (χ0v) is 9.42. The van der Waals surface area contributed by atoms with Crippen LogP contribution in [0.25, 0.3) is 21.8 Å². The first-order valence-electron chi connectivity index (χ1n) is 5.40. The van der Waals surface area contributed by atoms with E-state index in [0.29, 0.717) is 0 Å². The van der Waals surface area contributed by atoms with Gasteiger partial charge in [-0.15, -0.1) is 0 Å². The van der Waals surface area contributed by atoms with Crippen molar-refractivity contribution >= 4 is 33.5 Å². The van der Waals surface area contributed by atoms with Crippen LogP contribution in [-0.4, -0.2) is 15.9 Å². The molecule has 3 aromatic rings. The molecule has 0 aliphatic heterocycles. The van der Waals surface area contributed by atoms with Crippen molar-refractivity contribution in [2.75, 3.05) is 5.73 Å². The van der Waals surface area contributed by atoms with Crippen molar-refractivity contribution in [2.45, 2.75) is 0 Å². The van der Waals surface area contributed by atoms with E-state index in [1.54, 1.807) is 12.3 Å². The number of para-hydroxylation sites is 1. The molecule has 5 nitrogen and oxygen atoms in total. The number of aromatic nitrogens is 2. The van der Waals surface area contributed by atoms with Gasteiger partial charge in [-0.05, 0) is 12.1 Å². The van der Waals surface area contributed by atoms with Crippen molar-refractivity contribution in [2.24, 2.45) is 5.73 Å². The Morgan fingerprint density at radius 3 is 2.78 bits per heavy atom. The van der Waals surface area contributed by atoms with Crippen LogP contribution in [0.4, 0.5) is 5.82 Å². The highest BCUT2D eigenvalue weighted by molar-refractivity contribution is 6.07. The van der Waals surface area contributed by atoms with Gasteiger partial charge in [0, 0.05) is 17.0 Å². The lowest BCUT2D eigenvalue weighted by atomic mass is 10.1. The first kappa shape index (κ1) is 10.5. The van der Waals surface area contributed by atoms with Crippen LogP contribution < -0.4 is 11.5 Å². The van der Waals surface area contributed by atoms with E-state index in [1.807, 2.05) is 24.3 Å². The molecule has 0 saturated heterocycles. The summed E-state index contributed by atoms with van der Waals surface area (Å²) < 4.78 is 0. The van der Waals surface area contributed by atoms with Crippen molar-refractivity contribution in [3.05, 3.63) is 42.1 Å². The van der Waals surface area contributed by atoms with E-state index in [0.717, 1.165) is 21.8 Å². The highest BCUT2D eigenvalue weighted by atomic mass is 16.1. The van der Waals surface area contributed by atoms with E-state index in [2.05, 4.69) is 9.97 Å². The third kappa shape index (κ3) is 1.45. The average Bonchev–Trinajstić information content (AvgIpc) is 2.37. The predicted molar refractivity (Wildman–Crippen MR) is 70.0 cm³/mol. The zero-order valence-electron chi connectivity index (χ0n) is 9.42. The van der Waals surface area contributed by atoms with Gasteiger partial charge in [-0.25, -0.2) is 4.98 Å². The number of nitrogen functional groups attached to an aromatic ring is 1. The van der Waals surface area contributed by atoms with Crippen LogP contribution in [0.2, 0.25) is 0 Å². The normalized spacial score (nSPS) is 10.9. The van der Waals surface area contributed by atoms with Crippen LogP contribution in [0, 0.1) is 0 Å².